The monoisotopic (exact) mass is 241 g/mol. The molecule has 70 valence electrons. The number of phenolic OH excluding ortho intramolecular Hbond substituents is 1. The number of hydrogen-bond acceptors (Lipinski definition) is 2. The molecule has 0 amide bonds. The van der Waals surface area contributed by atoms with E-state index in [4.69, 9.17) is 5.73 Å². The van der Waals surface area contributed by atoms with Crippen LogP contribution in [-0.4, -0.2) is 11.7 Å². The molecule has 2 nitrogen and oxygen atoms in total. The van der Waals surface area contributed by atoms with Gasteiger partial charge >= 0.3 is 0 Å². The molecule has 0 spiro atoms. The molecule has 0 atom stereocenters. The van der Waals surface area contributed by atoms with Crippen molar-refractivity contribution in [2.24, 2.45) is 5.73 Å². The topological polar surface area (TPSA) is 46.2 Å². The lowest BCUT2D eigenvalue weighted by Gasteiger charge is -2.04. The highest BCUT2D eigenvalue weighted by molar-refractivity contribution is 9.10. The van der Waals surface area contributed by atoms with Gasteiger partial charge in [0.1, 0.15) is 5.75 Å². The highest BCUT2D eigenvalue weighted by Crippen LogP contribution is 2.31. The largest absolute Gasteiger partial charge is 0.506 e. The summed E-state index contributed by atoms with van der Waals surface area (Å²) in [4.78, 5) is 0. The minimum Gasteiger partial charge on any atom is -0.506 e. The third-order valence-electron chi connectivity index (χ3n) is 1.77. The van der Waals surface area contributed by atoms with Crippen LogP contribution in [0.25, 0.3) is 6.08 Å². The lowest BCUT2D eigenvalue weighted by molar-refractivity contribution is 0.470. The van der Waals surface area contributed by atoms with Crippen molar-refractivity contribution in [2.75, 3.05) is 6.54 Å². The third-order valence-corrected chi connectivity index (χ3v) is 2.77. The predicted molar refractivity (Wildman–Crippen MR) is 58.6 cm³/mol. The van der Waals surface area contributed by atoms with Crippen molar-refractivity contribution in [1.82, 2.24) is 0 Å². The molecule has 0 saturated carbocycles. The zero-order valence-corrected chi connectivity index (χ0v) is 9.01. The van der Waals surface area contributed by atoms with E-state index >= 15 is 0 Å². The zero-order valence-electron chi connectivity index (χ0n) is 7.42. The summed E-state index contributed by atoms with van der Waals surface area (Å²) >= 11 is 3.31. The van der Waals surface area contributed by atoms with Gasteiger partial charge in [-0.05, 0) is 28.4 Å². The van der Waals surface area contributed by atoms with Crippen molar-refractivity contribution >= 4 is 22.0 Å². The van der Waals surface area contributed by atoms with Crippen LogP contribution in [0, 0.1) is 6.92 Å². The van der Waals surface area contributed by atoms with Crippen LogP contribution in [-0.2, 0) is 0 Å². The summed E-state index contributed by atoms with van der Waals surface area (Å²) in [5.74, 6) is 0.268. The van der Waals surface area contributed by atoms with Crippen LogP contribution in [0.4, 0.5) is 0 Å². The Labute approximate surface area is 86.2 Å². The zero-order chi connectivity index (χ0) is 9.84. The Morgan fingerprint density at radius 1 is 1.54 bits per heavy atom. The van der Waals surface area contributed by atoms with E-state index in [2.05, 4.69) is 15.9 Å². The van der Waals surface area contributed by atoms with E-state index in [1.807, 2.05) is 19.1 Å². The molecular weight excluding hydrogens is 230 g/mol. The first-order valence-electron chi connectivity index (χ1n) is 4.01. The second-order valence-corrected chi connectivity index (χ2v) is 3.57. The van der Waals surface area contributed by atoms with Crippen LogP contribution >= 0.6 is 15.9 Å². The van der Waals surface area contributed by atoms with Crippen LogP contribution in [0.15, 0.2) is 22.7 Å². The number of halogens is 1. The van der Waals surface area contributed by atoms with Gasteiger partial charge in [-0.15, -0.1) is 0 Å². The molecule has 0 aliphatic carbocycles. The Balaban J connectivity index is 3.11. The minimum atomic E-state index is 0.268. The van der Waals surface area contributed by atoms with Gasteiger partial charge in [-0.1, -0.05) is 24.3 Å². The predicted octanol–water partition coefficient (Wildman–Crippen LogP) is 2.44. The normalized spacial score (nSPS) is 11.0. The maximum Gasteiger partial charge on any atom is 0.137 e. The standard InChI is InChI=1S/C10H12BrNO/c1-7-4-5-8(3-2-6-12)10(13)9(7)11/h2-5,13H,6,12H2,1H3/b3-2+. The molecule has 0 bridgehead atoms. The molecule has 0 unspecified atom stereocenters. The van der Waals surface area contributed by atoms with Crippen molar-refractivity contribution in [3.8, 4) is 5.75 Å². The van der Waals surface area contributed by atoms with Gasteiger partial charge in [-0.2, -0.15) is 0 Å². The Hall–Kier alpha value is -0.800. The van der Waals surface area contributed by atoms with Gasteiger partial charge in [-0.25, -0.2) is 0 Å². The van der Waals surface area contributed by atoms with Gasteiger partial charge < -0.3 is 10.8 Å². The highest BCUT2D eigenvalue weighted by atomic mass is 79.9. The Bertz CT molecular complexity index is 334. The van der Waals surface area contributed by atoms with E-state index in [0.717, 1.165) is 15.6 Å². The van der Waals surface area contributed by atoms with E-state index in [9.17, 15) is 5.11 Å². The number of hydrogen-bond donors (Lipinski definition) is 2. The number of nitrogens with two attached hydrogens (primary N) is 1. The lowest BCUT2D eigenvalue weighted by Crippen LogP contribution is -1.92. The Kier molecular flexibility index (Phi) is 3.51. The van der Waals surface area contributed by atoms with Crippen LogP contribution in [0.1, 0.15) is 11.1 Å². The quantitative estimate of drug-likeness (QED) is 0.836. The van der Waals surface area contributed by atoms with Gasteiger partial charge in [0, 0.05) is 12.1 Å². The summed E-state index contributed by atoms with van der Waals surface area (Å²) in [5, 5.41) is 9.67. The summed E-state index contributed by atoms with van der Waals surface area (Å²) in [7, 11) is 0. The Morgan fingerprint density at radius 2 is 2.23 bits per heavy atom. The fraction of sp³-hybridized carbons (Fsp3) is 0.200. The van der Waals surface area contributed by atoms with E-state index in [-0.39, 0.29) is 5.75 Å². The number of aryl methyl sites for hydroxylation is 1. The highest BCUT2D eigenvalue weighted by Gasteiger charge is 2.04. The first-order chi connectivity index (χ1) is 6.16. The van der Waals surface area contributed by atoms with E-state index in [0.29, 0.717) is 6.54 Å². The first kappa shape index (κ1) is 10.3. The van der Waals surface area contributed by atoms with Gasteiger partial charge in [-0.3, -0.25) is 0 Å². The van der Waals surface area contributed by atoms with Crippen molar-refractivity contribution in [2.45, 2.75) is 6.92 Å². The molecule has 0 radical (unpaired) electrons. The SMILES string of the molecule is Cc1ccc(/C=C/CN)c(O)c1Br. The molecule has 1 aromatic rings. The second kappa shape index (κ2) is 4.44. The molecular formula is C10H12BrNO. The van der Waals surface area contributed by atoms with Crippen molar-refractivity contribution < 1.29 is 5.11 Å². The molecule has 0 fully saturated rings. The number of rotatable bonds is 2. The van der Waals surface area contributed by atoms with E-state index in [1.165, 1.54) is 0 Å². The fourth-order valence-electron chi connectivity index (χ4n) is 1.01. The average Bonchev–Trinajstić information content (AvgIpc) is 2.13. The van der Waals surface area contributed by atoms with Crippen molar-refractivity contribution in [3.63, 3.8) is 0 Å². The molecule has 1 rings (SSSR count). The van der Waals surface area contributed by atoms with Gasteiger partial charge in [0.05, 0.1) is 4.47 Å². The van der Waals surface area contributed by atoms with E-state index < -0.39 is 0 Å². The van der Waals surface area contributed by atoms with Gasteiger partial charge in [0.15, 0.2) is 0 Å². The Morgan fingerprint density at radius 3 is 2.85 bits per heavy atom. The molecule has 3 heteroatoms. The summed E-state index contributed by atoms with van der Waals surface area (Å²) in [5.41, 5.74) is 7.11. The van der Waals surface area contributed by atoms with Crippen LogP contribution in [0.5, 0.6) is 5.75 Å². The first-order valence-corrected chi connectivity index (χ1v) is 4.80. The van der Waals surface area contributed by atoms with E-state index in [1.54, 1.807) is 12.2 Å². The average molecular weight is 242 g/mol. The third kappa shape index (κ3) is 2.32. The van der Waals surface area contributed by atoms with Crippen LogP contribution < -0.4 is 5.73 Å². The molecule has 13 heavy (non-hydrogen) atoms. The van der Waals surface area contributed by atoms with Crippen molar-refractivity contribution in [1.29, 1.82) is 0 Å². The smallest absolute Gasteiger partial charge is 0.137 e. The molecule has 1 aromatic carbocycles. The van der Waals surface area contributed by atoms with Crippen molar-refractivity contribution in [3.05, 3.63) is 33.8 Å². The second-order valence-electron chi connectivity index (χ2n) is 2.77. The molecule has 0 aliphatic rings. The number of phenols is 1. The summed E-state index contributed by atoms with van der Waals surface area (Å²) in [6, 6.07) is 3.81. The summed E-state index contributed by atoms with van der Waals surface area (Å²) in [6.45, 7) is 2.41. The molecule has 0 aliphatic heterocycles. The summed E-state index contributed by atoms with van der Waals surface area (Å²) in [6.07, 6.45) is 3.61. The van der Waals surface area contributed by atoms with Crippen LogP contribution in [0.3, 0.4) is 0 Å². The maximum atomic E-state index is 9.67. The number of benzene rings is 1. The maximum absolute atomic E-state index is 9.67. The molecule has 0 heterocycles. The minimum absolute atomic E-state index is 0.268. The van der Waals surface area contributed by atoms with Gasteiger partial charge in [0.2, 0.25) is 0 Å². The molecule has 0 aromatic heterocycles. The molecule has 0 saturated heterocycles. The number of aromatic hydroxyl groups is 1. The molecule has 3 N–H and O–H groups in total. The lowest BCUT2D eigenvalue weighted by atomic mass is 10.1. The van der Waals surface area contributed by atoms with Crippen LogP contribution in [0.2, 0.25) is 0 Å². The summed E-state index contributed by atoms with van der Waals surface area (Å²) < 4.78 is 0.742. The van der Waals surface area contributed by atoms with Gasteiger partial charge in [0.25, 0.3) is 0 Å². The fourth-order valence-corrected chi connectivity index (χ4v) is 1.37.